The Kier molecular flexibility index (Phi) is 24.7. The molecule has 0 atom stereocenters. The van der Waals surface area contributed by atoms with Gasteiger partial charge in [0, 0.05) is 13.0 Å². The molecular weight excluding hydrogens is 382 g/mol. The predicted octanol–water partition coefficient (Wildman–Crippen LogP) is 8.68. The number of carbonyl (C=O) groups is 2. The third-order valence-electron chi connectivity index (χ3n) is 6.27. The molecular formula is C28H55NO2. The van der Waals surface area contributed by atoms with Gasteiger partial charge in [0.1, 0.15) is 5.78 Å². The fraction of sp³-hybridized carbons (Fsp3) is 0.929. The lowest BCUT2D eigenvalue weighted by Gasteiger charge is -2.06. The summed E-state index contributed by atoms with van der Waals surface area (Å²) < 4.78 is 0. The molecule has 0 saturated heterocycles. The zero-order valence-corrected chi connectivity index (χ0v) is 21.3. The molecule has 0 aromatic carbocycles. The van der Waals surface area contributed by atoms with Gasteiger partial charge in [0.25, 0.3) is 0 Å². The van der Waals surface area contributed by atoms with Crippen LogP contribution in [0.4, 0.5) is 0 Å². The maximum Gasteiger partial charge on any atom is 0.227 e. The molecule has 0 aliphatic heterocycles. The third kappa shape index (κ3) is 25.3. The van der Waals surface area contributed by atoms with Crippen LogP contribution >= 0.6 is 0 Å². The van der Waals surface area contributed by atoms with E-state index in [-0.39, 0.29) is 18.1 Å². The molecule has 0 rings (SSSR count). The molecule has 184 valence electrons. The van der Waals surface area contributed by atoms with Gasteiger partial charge in [-0.1, -0.05) is 136 Å². The highest BCUT2D eigenvalue weighted by atomic mass is 16.2. The first-order chi connectivity index (χ1) is 15.2. The quantitative estimate of drug-likeness (QED) is 0.115. The Hall–Kier alpha value is -0.860. The maximum atomic E-state index is 12.0. The normalized spacial score (nSPS) is 11.0. The monoisotopic (exact) mass is 437 g/mol. The van der Waals surface area contributed by atoms with E-state index < -0.39 is 0 Å². The number of nitrogens with one attached hydrogen (secondary N) is 1. The molecule has 1 amide bonds. The number of Topliss-reactive ketones (excluding diaryl/α,β-unsaturated/α-hetero) is 1. The van der Waals surface area contributed by atoms with Crippen LogP contribution in [0.15, 0.2) is 0 Å². The third-order valence-corrected chi connectivity index (χ3v) is 6.27. The van der Waals surface area contributed by atoms with Crippen molar-refractivity contribution in [1.82, 2.24) is 5.32 Å². The fourth-order valence-corrected chi connectivity index (χ4v) is 4.16. The second-order valence-corrected chi connectivity index (χ2v) is 9.53. The summed E-state index contributed by atoms with van der Waals surface area (Å²) in [6, 6.07) is 0. The summed E-state index contributed by atoms with van der Waals surface area (Å²) in [5.41, 5.74) is 0. The number of unbranched alkanes of at least 4 members (excludes halogenated alkanes) is 19. The Labute approximate surface area is 194 Å². The summed E-state index contributed by atoms with van der Waals surface area (Å²) >= 11 is 0. The standard InChI is InChI=1S/C28H55NO2/c1-3-5-7-9-11-13-14-15-16-17-18-20-22-24-27(30)26-28(31)29-25-23-21-19-12-10-8-6-4-2/h3-26H2,1-2H3,(H,29,31). The lowest BCUT2D eigenvalue weighted by molar-refractivity contribution is -0.128. The summed E-state index contributed by atoms with van der Waals surface area (Å²) in [6.45, 7) is 5.23. The summed E-state index contributed by atoms with van der Waals surface area (Å²) in [7, 11) is 0. The van der Waals surface area contributed by atoms with Crippen LogP contribution in [-0.4, -0.2) is 18.2 Å². The number of carbonyl (C=O) groups excluding carboxylic acids is 2. The minimum Gasteiger partial charge on any atom is -0.356 e. The molecule has 0 radical (unpaired) electrons. The van der Waals surface area contributed by atoms with E-state index in [1.807, 2.05) is 0 Å². The number of rotatable bonds is 25. The molecule has 3 heteroatoms. The first-order valence-corrected chi connectivity index (χ1v) is 14.0. The summed E-state index contributed by atoms with van der Waals surface area (Å²) in [6.07, 6.45) is 27.8. The van der Waals surface area contributed by atoms with Crippen molar-refractivity contribution in [3.8, 4) is 0 Å². The Morgan fingerprint density at radius 3 is 1.26 bits per heavy atom. The SMILES string of the molecule is CCCCCCCCCCCCCCCC(=O)CC(=O)NCCCCCCCCCC. The highest BCUT2D eigenvalue weighted by Gasteiger charge is 2.08. The van der Waals surface area contributed by atoms with Crippen LogP contribution in [0.3, 0.4) is 0 Å². The Morgan fingerprint density at radius 1 is 0.484 bits per heavy atom. The molecule has 0 unspecified atom stereocenters. The number of ketones is 1. The molecule has 0 aliphatic rings. The van der Waals surface area contributed by atoms with Gasteiger partial charge in [0.2, 0.25) is 5.91 Å². The Balaban J connectivity index is 3.30. The van der Waals surface area contributed by atoms with E-state index in [9.17, 15) is 9.59 Å². The minimum absolute atomic E-state index is 0.0786. The molecule has 0 heterocycles. The molecule has 0 aliphatic carbocycles. The van der Waals surface area contributed by atoms with Crippen molar-refractivity contribution >= 4 is 11.7 Å². The van der Waals surface area contributed by atoms with E-state index in [0.29, 0.717) is 6.42 Å². The average Bonchev–Trinajstić information content (AvgIpc) is 2.75. The van der Waals surface area contributed by atoms with Crippen LogP contribution in [0.2, 0.25) is 0 Å². The van der Waals surface area contributed by atoms with E-state index in [0.717, 1.165) is 25.8 Å². The highest BCUT2D eigenvalue weighted by Crippen LogP contribution is 2.13. The predicted molar refractivity (Wildman–Crippen MR) is 136 cm³/mol. The van der Waals surface area contributed by atoms with Crippen molar-refractivity contribution in [1.29, 1.82) is 0 Å². The zero-order valence-electron chi connectivity index (χ0n) is 21.3. The van der Waals surface area contributed by atoms with Crippen molar-refractivity contribution in [3.63, 3.8) is 0 Å². The maximum absolute atomic E-state index is 12.0. The Bertz CT molecular complexity index is 394. The highest BCUT2D eigenvalue weighted by molar-refractivity contribution is 5.97. The van der Waals surface area contributed by atoms with Gasteiger partial charge in [0.15, 0.2) is 0 Å². The number of hydrogen-bond donors (Lipinski definition) is 1. The Morgan fingerprint density at radius 2 is 0.839 bits per heavy atom. The number of hydrogen-bond acceptors (Lipinski definition) is 2. The van der Waals surface area contributed by atoms with Crippen molar-refractivity contribution in [2.75, 3.05) is 6.54 Å². The van der Waals surface area contributed by atoms with E-state index in [1.54, 1.807) is 0 Å². The van der Waals surface area contributed by atoms with Crippen LogP contribution < -0.4 is 5.32 Å². The summed E-state index contributed by atoms with van der Waals surface area (Å²) in [4.78, 5) is 23.8. The van der Waals surface area contributed by atoms with Crippen molar-refractivity contribution in [3.05, 3.63) is 0 Å². The van der Waals surface area contributed by atoms with Gasteiger partial charge < -0.3 is 5.32 Å². The van der Waals surface area contributed by atoms with Gasteiger partial charge in [-0.3, -0.25) is 9.59 Å². The molecule has 1 N–H and O–H groups in total. The van der Waals surface area contributed by atoms with E-state index in [4.69, 9.17) is 0 Å². The molecule has 31 heavy (non-hydrogen) atoms. The lowest BCUT2D eigenvalue weighted by atomic mass is 10.0. The fourth-order valence-electron chi connectivity index (χ4n) is 4.16. The van der Waals surface area contributed by atoms with Gasteiger partial charge >= 0.3 is 0 Å². The van der Waals surface area contributed by atoms with Crippen molar-refractivity contribution < 1.29 is 9.59 Å². The molecule has 0 spiro atoms. The van der Waals surface area contributed by atoms with Crippen LogP contribution in [0, 0.1) is 0 Å². The molecule has 0 aromatic rings. The first-order valence-electron chi connectivity index (χ1n) is 14.0. The molecule has 0 saturated carbocycles. The molecule has 0 aromatic heterocycles. The molecule has 0 fully saturated rings. The largest absolute Gasteiger partial charge is 0.356 e. The van der Waals surface area contributed by atoms with Crippen LogP contribution in [-0.2, 0) is 9.59 Å². The van der Waals surface area contributed by atoms with Crippen LogP contribution in [0.1, 0.15) is 162 Å². The second-order valence-electron chi connectivity index (χ2n) is 9.53. The minimum atomic E-state index is -0.0809. The van der Waals surface area contributed by atoms with E-state index in [2.05, 4.69) is 19.2 Å². The van der Waals surface area contributed by atoms with Gasteiger partial charge in [-0.2, -0.15) is 0 Å². The van der Waals surface area contributed by atoms with Gasteiger partial charge in [-0.05, 0) is 12.8 Å². The van der Waals surface area contributed by atoms with Crippen LogP contribution in [0.25, 0.3) is 0 Å². The number of amides is 1. The molecule has 0 bridgehead atoms. The zero-order chi connectivity index (χ0) is 22.8. The average molecular weight is 438 g/mol. The molecule has 3 nitrogen and oxygen atoms in total. The smallest absolute Gasteiger partial charge is 0.227 e. The van der Waals surface area contributed by atoms with Gasteiger partial charge in [-0.25, -0.2) is 0 Å². The van der Waals surface area contributed by atoms with Crippen LogP contribution in [0.5, 0.6) is 0 Å². The summed E-state index contributed by atoms with van der Waals surface area (Å²) in [5.74, 6) is 0.0270. The van der Waals surface area contributed by atoms with E-state index >= 15 is 0 Å². The van der Waals surface area contributed by atoms with Crippen molar-refractivity contribution in [2.24, 2.45) is 0 Å². The topological polar surface area (TPSA) is 46.2 Å². The summed E-state index contributed by atoms with van der Waals surface area (Å²) in [5, 5.41) is 2.91. The van der Waals surface area contributed by atoms with Crippen molar-refractivity contribution in [2.45, 2.75) is 162 Å². The first kappa shape index (κ1) is 30.1. The van der Waals surface area contributed by atoms with E-state index in [1.165, 1.54) is 116 Å². The van der Waals surface area contributed by atoms with Gasteiger partial charge in [0.05, 0.1) is 6.42 Å². The lowest BCUT2D eigenvalue weighted by Crippen LogP contribution is -2.26. The second kappa shape index (κ2) is 25.4. The van der Waals surface area contributed by atoms with Gasteiger partial charge in [-0.15, -0.1) is 0 Å².